The van der Waals surface area contributed by atoms with Gasteiger partial charge in [-0.05, 0) is 49.7 Å². The average Bonchev–Trinajstić information content (AvgIpc) is 2.56. The first kappa shape index (κ1) is 16.5. The second kappa shape index (κ2) is 7.97. The summed E-state index contributed by atoms with van der Waals surface area (Å²) in [5.41, 5.74) is 0. The first-order chi connectivity index (χ1) is 10.7. The van der Waals surface area contributed by atoms with Crippen molar-refractivity contribution >= 4 is 0 Å². The molecule has 0 N–H and O–H groups in total. The Morgan fingerprint density at radius 2 is 1.59 bits per heavy atom. The number of rotatable bonds is 7. The van der Waals surface area contributed by atoms with Gasteiger partial charge in [-0.2, -0.15) is 8.78 Å². The van der Waals surface area contributed by atoms with Crippen LogP contribution in [-0.4, -0.2) is 13.2 Å². The molecule has 120 valence electrons. The number of benzene rings is 1. The molecule has 0 aliphatic heterocycles. The summed E-state index contributed by atoms with van der Waals surface area (Å²) in [5.74, 6) is -1.25. The van der Waals surface area contributed by atoms with Crippen molar-refractivity contribution in [1.82, 2.24) is 0 Å². The molecule has 1 aromatic rings. The Bertz CT molecular complexity index is 520. The fourth-order valence-corrected chi connectivity index (χ4v) is 2.68. The topological polar surface area (TPSA) is 18.5 Å². The van der Waals surface area contributed by atoms with Crippen molar-refractivity contribution in [1.29, 1.82) is 0 Å². The van der Waals surface area contributed by atoms with Crippen LogP contribution < -0.4 is 9.47 Å². The van der Waals surface area contributed by atoms with E-state index < -0.39 is 11.6 Å². The van der Waals surface area contributed by atoms with Crippen LogP contribution in [0.1, 0.15) is 25.7 Å². The van der Waals surface area contributed by atoms with E-state index in [4.69, 9.17) is 9.47 Å². The summed E-state index contributed by atoms with van der Waals surface area (Å²) in [6.07, 6.45) is 7.70. The molecular formula is C18H22F2O2. The molecular weight excluding hydrogens is 286 g/mol. The predicted octanol–water partition coefficient (Wildman–Crippen LogP) is 4.90. The molecule has 0 heterocycles. The van der Waals surface area contributed by atoms with E-state index in [-0.39, 0.29) is 18.1 Å². The van der Waals surface area contributed by atoms with E-state index in [9.17, 15) is 8.78 Å². The van der Waals surface area contributed by atoms with Crippen LogP contribution in [0.4, 0.5) is 8.78 Å². The highest BCUT2D eigenvalue weighted by Crippen LogP contribution is 2.31. The van der Waals surface area contributed by atoms with Crippen molar-refractivity contribution in [3.63, 3.8) is 0 Å². The van der Waals surface area contributed by atoms with Crippen molar-refractivity contribution in [3.8, 4) is 11.5 Å². The maximum absolute atomic E-state index is 13.9. The van der Waals surface area contributed by atoms with Crippen LogP contribution >= 0.6 is 0 Å². The van der Waals surface area contributed by atoms with Crippen LogP contribution in [0.3, 0.4) is 0 Å². The summed E-state index contributed by atoms with van der Waals surface area (Å²) < 4.78 is 38.3. The smallest absolute Gasteiger partial charge is 0.204 e. The molecule has 0 unspecified atom stereocenters. The van der Waals surface area contributed by atoms with Gasteiger partial charge < -0.3 is 9.47 Å². The maximum atomic E-state index is 13.9. The molecule has 0 bridgehead atoms. The molecule has 0 atom stereocenters. The van der Waals surface area contributed by atoms with Crippen molar-refractivity contribution in [2.45, 2.75) is 25.7 Å². The zero-order valence-corrected chi connectivity index (χ0v) is 12.7. The number of ether oxygens (including phenoxy) is 2. The molecule has 0 spiro atoms. The Morgan fingerprint density at radius 1 is 1.00 bits per heavy atom. The number of allylic oxidation sites excluding steroid dienone is 1. The monoisotopic (exact) mass is 308 g/mol. The highest BCUT2D eigenvalue weighted by molar-refractivity contribution is 5.35. The van der Waals surface area contributed by atoms with Crippen LogP contribution in [0.5, 0.6) is 11.5 Å². The summed E-state index contributed by atoms with van der Waals surface area (Å²) in [6, 6.07) is 2.79. The van der Waals surface area contributed by atoms with Crippen LogP contribution in [0.2, 0.25) is 0 Å². The van der Waals surface area contributed by atoms with Gasteiger partial charge in [0.25, 0.3) is 0 Å². The highest BCUT2D eigenvalue weighted by Gasteiger charge is 2.21. The minimum absolute atomic E-state index is 0.0608. The van der Waals surface area contributed by atoms with E-state index in [1.807, 2.05) is 6.08 Å². The molecule has 0 amide bonds. The van der Waals surface area contributed by atoms with Crippen molar-refractivity contribution in [2.24, 2.45) is 11.8 Å². The van der Waals surface area contributed by atoms with Gasteiger partial charge in [0.2, 0.25) is 11.6 Å². The maximum Gasteiger partial charge on any atom is 0.204 e. The molecule has 0 saturated heterocycles. The summed E-state index contributed by atoms with van der Waals surface area (Å²) in [4.78, 5) is 0. The third kappa shape index (κ3) is 4.09. The lowest BCUT2D eigenvalue weighted by molar-refractivity contribution is 0.187. The zero-order valence-electron chi connectivity index (χ0n) is 12.7. The van der Waals surface area contributed by atoms with Gasteiger partial charge in [0, 0.05) is 0 Å². The standard InChI is InChI=1S/C18H22F2O2/c1-3-11-21-15-9-10-16(18(20)17(15)19)22-12-14-7-5-13(4-2)6-8-14/h3-4,9-10,13-14H,1-2,5-8,11-12H2/t13-,14-. The van der Waals surface area contributed by atoms with E-state index in [0.29, 0.717) is 18.4 Å². The lowest BCUT2D eigenvalue weighted by Gasteiger charge is -2.26. The Morgan fingerprint density at radius 3 is 2.14 bits per heavy atom. The molecule has 2 rings (SSSR count). The van der Waals surface area contributed by atoms with Gasteiger partial charge in [-0.25, -0.2) is 0 Å². The molecule has 0 radical (unpaired) electrons. The third-order valence-electron chi connectivity index (χ3n) is 4.07. The molecule has 4 heteroatoms. The Labute approximate surface area is 130 Å². The molecule has 1 fully saturated rings. The lowest BCUT2D eigenvalue weighted by Crippen LogP contribution is -2.19. The second-order valence-corrected chi connectivity index (χ2v) is 5.62. The van der Waals surface area contributed by atoms with Crippen molar-refractivity contribution in [2.75, 3.05) is 13.2 Å². The van der Waals surface area contributed by atoms with E-state index in [2.05, 4.69) is 13.2 Å². The summed E-state index contributed by atoms with van der Waals surface area (Å²) in [5, 5.41) is 0. The van der Waals surface area contributed by atoms with Gasteiger partial charge in [0.15, 0.2) is 11.5 Å². The van der Waals surface area contributed by atoms with Crippen LogP contribution in [0.25, 0.3) is 0 Å². The number of halogens is 2. The molecule has 1 aliphatic carbocycles. The largest absolute Gasteiger partial charge is 0.490 e. The van der Waals surface area contributed by atoms with Gasteiger partial charge in [-0.3, -0.25) is 0 Å². The SMILES string of the molecule is C=CCOc1ccc(OC[C@H]2CC[C@H](C=C)CC2)c(F)c1F. The summed E-state index contributed by atoms with van der Waals surface area (Å²) in [7, 11) is 0. The molecule has 0 aromatic heterocycles. The van der Waals surface area contributed by atoms with Crippen molar-refractivity contribution < 1.29 is 18.3 Å². The van der Waals surface area contributed by atoms with Crippen LogP contribution in [-0.2, 0) is 0 Å². The van der Waals surface area contributed by atoms with E-state index in [1.165, 1.54) is 18.2 Å². The normalized spacial score (nSPS) is 21.2. The molecule has 1 aromatic carbocycles. The van der Waals surface area contributed by atoms with Gasteiger partial charge >= 0.3 is 0 Å². The first-order valence-electron chi connectivity index (χ1n) is 7.62. The molecule has 2 nitrogen and oxygen atoms in total. The predicted molar refractivity (Wildman–Crippen MR) is 83.2 cm³/mol. The lowest BCUT2D eigenvalue weighted by atomic mass is 9.82. The fourth-order valence-electron chi connectivity index (χ4n) is 2.68. The van der Waals surface area contributed by atoms with Crippen molar-refractivity contribution in [3.05, 3.63) is 49.1 Å². The Hall–Kier alpha value is -1.84. The van der Waals surface area contributed by atoms with Gasteiger partial charge in [-0.15, -0.1) is 6.58 Å². The van der Waals surface area contributed by atoms with Gasteiger partial charge in [0.05, 0.1) is 6.61 Å². The molecule has 1 saturated carbocycles. The molecule has 1 aliphatic rings. The van der Waals surface area contributed by atoms with Gasteiger partial charge in [0.1, 0.15) is 6.61 Å². The quantitative estimate of drug-likeness (QED) is 0.667. The van der Waals surface area contributed by atoms with E-state index in [0.717, 1.165) is 25.7 Å². The average molecular weight is 308 g/mol. The zero-order chi connectivity index (χ0) is 15.9. The minimum Gasteiger partial charge on any atom is -0.490 e. The molecule has 22 heavy (non-hydrogen) atoms. The fraction of sp³-hybridized carbons (Fsp3) is 0.444. The minimum atomic E-state index is -1.02. The van der Waals surface area contributed by atoms with Crippen LogP contribution in [0, 0.1) is 23.5 Å². The highest BCUT2D eigenvalue weighted by atomic mass is 19.2. The van der Waals surface area contributed by atoms with E-state index in [1.54, 1.807) is 0 Å². The third-order valence-corrected chi connectivity index (χ3v) is 4.07. The Balaban J connectivity index is 1.91. The number of hydrogen-bond acceptors (Lipinski definition) is 2. The first-order valence-corrected chi connectivity index (χ1v) is 7.62. The Kier molecular flexibility index (Phi) is 5.99. The van der Waals surface area contributed by atoms with E-state index >= 15 is 0 Å². The summed E-state index contributed by atoms with van der Waals surface area (Å²) >= 11 is 0. The number of hydrogen-bond donors (Lipinski definition) is 0. The summed E-state index contributed by atoms with van der Waals surface area (Å²) in [6.45, 7) is 7.82. The second-order valence-electron chi connectivity index (χ2n) is 5.62. The van der Waals surface area contributed by atoms with Crippen LogP contribution in [0.15, 0.2) is 37.4 Å². The van der Waals surface area contributed by atoms with Gasteiger partial charge in [-0.1, -0.05) is 18.7 Å².